The van der Waals surface area contributed by atoms with Gasteiger partial charge in [-0.15, -0.1) is 0 Å². The van der Waals surface area contributed by atoms with Gasteiger partial charge >= 0.3 is 0 Å². The maximum Gasteiger partial charge on any atom is 0.142 e. The molecule has 1 saturated heterocycles. The number of aliphatic hydroxyl groups is 1. The summed E-state index contributed by atoms with van der Waals surface area (Å²) in [6.45, 7) is 10.4. The molecule has 7 nitrogen and oxygen atoms in total. The predicted octanol–water partition coefficient (Wildman–Crippen LogP) is 4.53. The number of piperazine rings is 1. The molecule has 3 heterocycles. The number of nitrogens with zero attached hydrogens (tertiary/aromatic N) is 5. The van der Waals surface area contributed by atoms with E-state index in [2.05, 4.69) is 61.2 Å². The normalized spacial score (nSPS) is 23.1. The molecule has 0 aromatic carbocycles. The number of nitrogens with one attached hydrogen (secondary N) is 1. The molecule has 1 aliphatic carbocycles. The number of amidine groups is 1. The van der Waals surface area contributed by atoms with Gasteiger partial charge in [-0.25, -0.2) is 9.98 Å². The van der Waals surface area contributed by atoms with Crippen LogP contribution >= 0.6 is 9.39 Å². The monoisotopic (exact) mass is 482 g/mol. The van der Waals surface area contributed by atoms with E-state index in [0.717, 1.165) is 79.9 Å². The molecule has 1 unspecified atom stereocenters. The molecule has 1 saturated carbocycles. The number of aliphatic hydroxyl groups excluding tert-OH is 1. The van der Waals surface area contributed by atoms with E-state index in [0.29, 0.717) is 6.04 Å². The van der Waals surface area contributed by atoms with Crippen molar-refractivity contribution in [1.29, 1.82) is 0 Å². The van der Waals surface area contributed by atoms with Gasteiger partial charge in [0.05, 0.1) is 18.5 Å². The zero-order chi connectivity index (χ0) is 24.1. The van der Waals surface area contributed by atoms with E-state index in [9.17, 15) is 5.11 Å². The summed E-state index contributed by atoms with van der Waals surface area (Å²) < 4.78 is 2.28. The van der Waals surface area contributed by atoms with Crippen LogP contribution in [0.1, 0.15) is 52.9 Å². The smallest absolute Gasteiger partial charge is 0.142 e. The van der Waals surface area contributed by atoms with Gasteiger partial charge in [0.15, 0.2) is 0 Å². The Bertz CT molecular complexity index is 970. The van der Waals surface area contributed by atoms with Gasteiger partial charge < -0.3 is 20.2 Å². The average Bonchev–Trinajstić information content (AvgIpc) is 3.51. The minimum atomic E-state index is 0.0279. The molecule has 1 atom stereocenters. The second kappa shape index (κ2) is 11.5. The second-order valence-corrected chi connectivity index (χ2v) is 10.0. The fourth-order valence-electron chi connectivity index (χ4n) is 4.86. The molecule has 1 aromatic heterocycles. The number of allylic oxidation sites excluding steroid dienone is 2. The van der Waals surface area contributed by atoms with Crippen molar-refractivity contribution in [2.75, 3.05) is 43.0 Å². The summed E-state index contributed by atoms with van der Waals surface area (Å²) in [6, 6.07) is 4.59. The zero-order valence-corrected chi connectivity index (χ0v) is 22.0. The predicted molar refractivity (Wildman–Crippen MR) is 145 cm³/mol. The van der Waals surface area contributed by atoms with Gasteiger partial charge in [-0.1, -0.05) is 35.2 Å². The molecule has 3 aliphatic rings. The van der Waals surface area contributed by atoms with Crippen molar-refractivity contribution in [1.82, 2.24) is 14.6 Å². The molecule has 184 valence electrons. The third kappa shape index (κ3) is 5.54. The van der Waals surface area contributed by atoms with Crippen LogP contribution < -0.4 is 10.2 Å². The molecule has 0 spiro atoms. The molecule has 2 aliphatic heterocycles. The topological polar surface area (TPSA) is 67.2 Å². The maximum absolute atomic E-state index is 10.1. The standard InChI is InChI=1S/C26H39N6OP/c1-4-19(3)25(28-24-11-10-22(17-27-24)30-12-14-31(34)15-13-30)29-26-20(5-2)16-23(18-33)32(26)21-8-6-7-9-21/h5,10-11,16-17,21,33H,4,6-9,12-15,18,34H2,1-3H3,(H,27,28)/b20-5-,25-19+,29-26-. The number of aromatic nitrogens is 1. The third-order valence-electron chi connectivity index (χ3n) is 7.11. The molecule has 2 fully saturated rings. The van der Waals surface area contributed by atoms with Gasteiger partial charge in [-0.05, 0) is 56.9 Å². The minimum Gasteiger partial charge on any atom is -0.390 e. The summed E-state index contributed by atoms with van der Waals surface area (Å²) in [4.78, 5) is 14.5. The van der Waals surface area contributed by atoms with Crippen molar-refractivity contribution in [3.05, 3.63) is 53.1 Å². The number of anilines is 2. The Morgan fingerprint density at radius 3 is 2.56 bits per heavy atom. The first-order chi connectivity index (χ1) is 16.5. The van der Waals surface area contributed by atoms with E-state index in [4.69, 9.17) is 9.98 Å². The molecule has 34 heavy (non-hydrogen) atoms. The first-order valence-electron chi connectivity index (χ1n) is 12.6. The van der Waals surface area contributed by atoms with Crippen LogP contribution in [0.4, 0.5) is 11.5 Å². The summed E-state index contributed by atoms with van der Waals surface area (Å²) in [7, 11) is 2.79. The highest BCUT2D eigenvalue weighted by Gasteiger charge is 2.33. The molecular weight excluding hydrogens is 443 g/mol. The number of aliphatic imine (C=N–C) groups is 1. The highest BCUT2D eigenvalue weighted by Crippen LogP contribution is 2.33. The summed E-state index contributed by atoms with van der Waals surface area (Å²) >= 11 is 0. The number of rotatable bonds is 7. The van der Waals surface area contributed by atoms with E-state index in [1.807, 2.05) is 19.2 Å². The van der Waals surface area contributed by atoms with E-state index >= 15 is 0 Å². The molecule has 1 aromatic rings. The Morgan fingerprint density at radius 1 is 1.24 bits per heavy atom. The van der Waals surface area contributed by atoms with Gasteiger partial charge in [-0.3, -0.25) is 4.67 Å². The van der Waals surface area contributed by atoms with Gasteiger partial charge in [0.25, 0.3) is 0 Å². The van der Waals surface area contributed by atoms with E-state index < -0.39 is 0 Å². The van der Waals surface area contributed by atoms with Crippen LogP contribution in [0.15, 0.2) is 58.1 Å². The minimum absolute atomic E-state index is 0.0279. The fourth-order valence-corrected chi connectivity index (χ4v) is 5.09. The molecular formula is C26H39N6OP. The Labute approximate surface area is 206 Å². The molecule has 2 N–H and O–H groups in total. The van der Waals surface area contributed by atoms with Crippen LogP contribution in [0.3, 0.4) is 0 Å². The lowest BCUT2D eigenvalue weighted by Crippen LogP contribution is -2.42. The summed E-state index contributed by atoms with van der Waals surface area (Å²) in [5.74, 6) is 2.56. The highest BCUT2D eigenvalue weighted by molar-refractivity contribution is 7.13. The van der Waals surface area contributed by atoms with Gasteiger partial charge in [-0.2, -0.15) is 0 Å². The van der Waals surface area contributed by atoms with Crippen LogP contribution in [0.5, 0.6) is 0 Å². The number of hydrogen-bond acceptors (Lipinski definition) is 6. The Hall–Kier alpha value is -2.21. The highest BCUT2D eigenvalue weighted by atomic mass is 31.0. The molecule has 0 radical (unpaired) electrons. The van der Waals surface area contributed by atoms with Crippen molar-refractivity contribution in [2.24, 2.45) is 4.99 Å². The molecule has 4 rings (SSSR count). The van der Waals surface area contributed by atoms with Crippen molar-refractivity contribution in [2.45, 2.75) is 58.9 Å². The first-order valence-corrected chi connectivity index (χ1v) is 13.1. The molecule has 0 amide bonds. The maximum atomic E-state index is 10.1. The van der Waals surface area contributed by atoms with Crippen molar-refractivity contribution < 1.29 is 5.11 Å². The van der Waals surface area contributed by atoms with Crippen LogP contribution in [0.25, 0.3) is 0 Å². The van der Waals surface area contributed by atoms with E-state index in [-0.39, 0.29) is 6.61 Å². The van der Waals surface area contributed by atoms with Gasteiger partial charge in [0.2, 0.25) is 0 Å². The summed E-state index contributed by atoms with van der Waals surface area (Å²) in [5.41, 5.74) is 4.34. The van der Waals surface area contributed by atoms with Crippen molar-refractivity contribution >= 4 is 26.7 Å². The lowest BCUT2D eigenvalue weighted by Gasteiger charge is -2.33. The third-order valence-corrected chi connectivity index (χ3v) is 7.62. The fraction of sp³-hybridized carbons (Fsp3) is 0.538. The molecule has 8 heteroatoms. The Kier molecular flexibility index (Phi) is 8.41. The van der Waals surface area contributed by atoms with Crippen molar-refractivity contribution in [3.63, 3.8) is 0 Å². The zero-order valence-electron chi connectivity index (χ0n) is 20.8. The van der Waals surface area contributed by atoms with Crippen LogP contribution in [-0.2, 0) is 0 Å². The van der Waals surface area contributed by atoms with Crippen LogP contribution in [-0.4, -0.2) is 64.3 Å². The lowest BCUT2D eigenvalue weighted by atomic mass is 10.2. The largest absolute Gasteiger partial charge is 0.390 e. The van der Waals surface area contributed by atoms with Gasteiger partial charge in [0, 0.05) is 43.5 Å². The quantitative estimate of drug-likeness (QED) is 0.557. The lowest BCUT2D eigenvalue weighted by molar-refractivity contribution is 0.273. The molecule has 0 bridgehead atoms. The van der Waals surface area contributed by atoms with E-state index in [1.165, 1.54) is 18.4 Å². The number of pyridine rings is 1. The number of hydrogen-bond donors (Lipinski definition) is 2. The Morgan fingerprint density at radius 2 is 1.97 bits per heavy atom. The van der Waals surface area contributed by atoms with Crippen LogP contribution in [0.2, 0.25) is 0 Å². The van der Waals surface area contributed by atoms with Crippen molar-refractivity contribution in [3.8, 4) is 0 Å². The Balaban J connectivity index is 1.58. The van der Waals surface area contributed by atoms with E-state index in [1.54, 1.807) is 0 Å². The summed E-state index contributed by atoms with van der Waals surface area (Å²) in [6.07, 6.45) is 11.8. The summed E-state index contributed by atoms with van der Waals surface area (Å²) in [5, 5.41) is 13.6. The SMILES string of the molecule is C/C=C1/C=C(CO)N(C2CCCC2)/C1=N\C(Nc1ccc(N2CCN(P)CC2)cn1)=C(/C)CC. The van der Waals surface area contributed by atoms with Crippen LogP contribution in [0, 0.1) is 0 Å². The first kappa shape index (κ1) is 24.9. The van der Waals surface area contributed by atoms with Gasteiger partial charge in [0.1, 0.15) is 17.5 Å². The second-order valence-electron chi connectivity index (χ2n) is 9.31. The average molecular weight is 483 g/mol.